The van der Waals surface area contributed by atoms with Gasteiger partial charge in [0.1, 0.15) is 0 Å². The van der Waals surface area contributed by atoms with E-state index >= 15 is 0 Å². The summed E-state index contributed by atoms with van der Waals surface area (Å²) < 4.78 is 5.26. The molecule has 6 heteroatoms. The number of hydrogen-bond donors (Lipinski definition) is 3. The highest BCUT2D eigenvalue weighted by Gasteiger charge is 2.07. The van der Waals surface area contributed by atoms with Gasteiger partial charge >= 0.3 is 0 Å². The molecular formula is C12H16N3O3. The molecule has 0 heterocycles. The molecule has 1 rings (SSSR count). The second-order valence-electron chi connectivity index (χ2n) is 3.49. The average Bonchev–Trinajstić information content (AvgIpc) is 2.35. The third-order valence-electron chi connectivity index (χ3n) is 2.20. The van der Waals surface area contributed by atoms with Crippen molar-refractivity contribution in [1.29, 1.82) is 0 Å². The number of benzene rings is 1. The first kappa shape index (κ1) is 14.1. The van der Waals surface area contributed by atoms with Crippen LogP contribution in [0.4, 0.5) is 0 Å². The zero-order chi connectivity index (χ0) is 13.4. The van der Waals surface area contributed by atoms with Gasteiger partial charge in [0.25, 0.3) is 0 Å². The molecule has 6 nitrogen and oxygen atoms in total. The maximum Gasteiger partial charge on any atom is 0.249 e. The second-order valence-corrected chi connectivity index (χ2v) is 3.49. The van der Waals surface area contributed by atoms with Crippen LogP contribution >= 0.6 is 0 Å². The van der Waals surface area contributed by atoms with E-state index in [2.05, 4.69) is 5.32 Å². The van der Waals surface area contributed by atoms with Crippen LogP contribution in [0, 0.1) is 6.42 Å². The zero-order valence-corrected chi connectivity index (χ0v) is 9.89. The fourth-order valence-corrected chi connectivity index (χ4v) is 1.36. The summed E-state index contributed by atoms with van der Waals surface area (Å²) in [6.07, 6.45) is 1.33. The summed E-state index contributed by atoms with van der Waals surface area (Å²) in [6.45, 7) is 0.435. The summed E-state index contributed by atoms with van der Waals surface area (Å²) in [5.41, 5.74) is 11.5. The van der Waals surface area contributed by atoms with Gasteiger partial charge in [0, 0.05) is 5.56 Å². The number of ether oxygens (including phenoxy) is 1. The zero-order valence-electron chi connectivity index (χ0n) is 9.89. The molecule has 2 amide bonds. The van der Waals surface area contributed by atoms with Gasteiger partial charge in [0.2, 0.25) is 11.8 Å². The molecule has 0 saturated heterocycles. The van der Waals surface area contributed by atoms with Gasteiger partial charge in [-0.2, -0.15) is 0 Å². The quantitative estimate of drug-likeness (QED) is 0.449. The number of hydrogen-bond acceptors (Lipinski definition) is 4. The van der Waals surface area contributed by atoms with Crippen LogP contribution in [0.1, 0.15) is 15.9 Å². The Morgan fingerprint density at radius 3 is 2.72 bits per heavy atom. The third-order valence-corrected chi connectivity index (χ3v) is 2.20. The first-order valence-corrected chi connectivity index (χ1v) is 5.41. The average molecular weight is 250 g/mol. The third kappa shape index (κ3) is 4.52. The van der Waals surface area contributed by atoms with E-state index in [4.69, 9.17) is 16.2 Å². The van der Waals surface area contributed by atoms with Crippen LogP contribution in [0.15, 0.2) is 24.3 Å². The Morgan fingerprint density at radius 2 is 2.06 bits per heavy atom. The molecule has 5 N–H and O–H groups in total. The van der Waals surface area contributed by atoms with Crippen LogP contribution < -0.4 is 16.8 Å². The first-order valence-electron chi connectivity index (χ1n) is 5.41. The van der Waals surface area contributed by atoms with Crippen molar-refractivity contribution in [1.82, 2.24) is 5.32 Å². The van der Waals surface area contributed by atoms with E-state index in [9.17, 15) is 9.59 Å². The largest absolute Gasteiger partial charge is 0.376 e. The molecule has 0 aromatic heterocycles. The smallest absolute Gasteiger partial charge is 0.249 e. The van der Waals surface area contributed by atoms with Gasteiger partial charge in [-0.1, -0.05) is 18.2 Å². The van der Waals surface area contributed by atoms with Crippen molar-refractivity contribution in [3.05, 3.63) is 41.8 Å². The lowest BCUT2D eigenvalue weighted by molar-refractivity contribution is -0.118. The SMILES string of the molecule is NCNC(=O)[CH]COCc1ccccc1C(N)=O. The van der Waals surface area contributed by atoms with Crippen LogP contribution in [0.25, 0.3) is 0 Å². The number of amides is 2. The van der Waals surface area contributed by atoms with E-state index in [0.717, 1.165) is 0 Å². The van der Waals surface area contributed by atoms with Gasteiger partial charge < -0.3 is 21.5 Å². The lowest BCUT2D eigenvalue weighted by atomic mass is 10.1. The predicted octanol–water partition coefficient (Wildman–Crippen LogP) is -0.461. The summed E-state index contributed by atoms with van der Waals surface area (Å²) in [5, 5.41) is 2.40. The molecule has 0 aliphatic carbocycles. The minimum atomic E-state index is -0.501. The molecule has 0 aliphatic rings. The van der Waals surface area contributed by atoms with Crippen molar-refractivity contribution >= 4 is 11.8 Å². The van der Waals surface area contributed by atoms with Crippen LogP contribution in [0.3, 0.4) is 0 Å². The molecule has 1 aromatic rings. The minimum Gasteiger partial charge on any atom is -0.376 e. The normalized spacial score (nSPS) is 10.1. The van der Waals surface area contributed by atoms with Gasteiger partial charge in [-0.05, 0) is 11.6 Å². The highest BCUT2D eigenvalue weighted by atomic mass is 16.5. The molecule has 18 heavy (non-hydrogen) atoms. The lowest BCUT2D eigenvalue weighted by Crippen LogP contribution is -2.30. The molecule has 0 unspecified atom stereocenters. The van der Waals surface area contributed by atoms with Crippen molar-refractivity contribution in [2.75, 3.05) is 13.3 Å². The summed E-state index contributed by atoms with van der Waals surface area (Å²) in [5.74, 6) is -0.792. The molecule has 1 aromatic carbocycles. The number of nitrogens with two attached hydrogens (primary N) is 2. The van der Waals surface area contributed by atoms with E-state index in [-0.39, 0.29) is 25.8 Å². The molecule has 0 saturated carbocycles. The van der Waals surface area contributed by atoms with Gasteiger partial charge in [0.15, 0.2) is 0 Å². The number of carbonyl (C=O) groups excluding carboxylic acids is 2. The fraction of sp³-hybridized carbons (Fsp3) is 0.250. The van der Waals surface area contributed by atoms with Crippen molar-refractivity contribution < 1.29 is 14.3 Å². The van der Waals surface area contributed by atoms with Gasteiger partial charge in [-0.15, -0.1) is 0 Å². The number of nitrogens with one attached hydrogen (secondary N) is 1. The molecule has 0 fully saturated rings. The maximum absolute atomic E-state index is 11.1. The van der Waals surface area contributed by atoms with Crippen LogP contribution in [-0.4, -0.2) is 25.1 Å². The molecule has 0 aliphatic heterocycles. The van der Waals surface area contributed by atoms with E-state index < -0.39 is 5.91 Å². The Morgan fingerprint density at radius 1 is 1.33 bits per heavy atom. The van der Waals surface area contributed by atoms with Crippen molar-refractivity contribution in [2.24, 2.45) is 11.5 Å². The molecular weight excluding hydrogens is 234 g/mol. The van der Waals surface area contributed by atoms with Crippen molar-refractivity contribution in [3.8, 4) is 0 Å². The summed E-state index contributed by atoms with van der Waals surface area (Å²) in [7, 11) is 0. The lowest BCUT2D eigenvalue weighted by Gasteiger charge is -2.07. The Bertz CT molecular complexity index is 421. The number of carbonyl (C=O) groups is 2. The molecule has 1 radical (unpaired) electrons. The highest BCUT2D eigenvalue weighted by Crippen LogP contribution is 2.09. The summed E-state index contributed by atoms with van der Waals surface area (Å²) in [6, 6.07) is 6.90. The molecule has 0 bridgehead atoms. The van der Waals surface area contributed by atoms with E-state index in [0.29, 0.717) is 11.1 Å². The Hall–Kier alpha value is -1.92. The van der Waals surface area contributed by atoms with E-state index in [1.807, 2.05) is 0 Å². The van der Waals surface area contributed by atoms with Crippen LogP contribution in [0.5, 0.6) is 0 Å². The second kappa shape index (κ2) is 7.41. The molecule has 97 valence electrons. The highest BCUT2D eigenvalue weighted by molar-refractivity contribution is 5.94. The molecule has 0 spiro atoms. The van der Waals surface area contributed by atoms with E-state index in [1.165, 1.54) is 6.42 Å². The summed E-state index contributed by atoms with van der Waals surface area (Å²) in [4.78, 5) is 22.2. The first-order chi connectivity index (χ1) is 8.65. The molecule has 0 atom stereocenters. The van der Waals surface area contributed by atoms with Gasteiger partial charge in [0.05, 0.1) is 26.3 Å². The Balaban J connectivity index is 2.40. The number of primary amides is 1. The van der Waals surface area contributed by atoms with Gasteiger partial charge in [-0.3, -0.25) is 9.59 Å². The minimum absolute atomic E-state index is 0.0832. The fourth-order valence-electron chi connectivity index (χ4n) is 1.36. The Labute approximate surface area is 105 Å². The summed E-state index contributed by atoms with van der Waals surface area (Å²) >= 11 is 0. The van der Waals surface area contributed by atoms with Crippen molar-refractivity contribution in [2.45, 2.75) is 6.61 Å². The van der Waals surface area contributed by atoms with Crippen molar-refractivity contribution in [3.63, 3.8) is 0 Å². The maximum atomic E-state index is 11.1. The van der Waals surface area contributed by atoms with Crippen LogP contribution in [-0.2, 0) is 16.1 Å². The monoisotopic (exact) mass is 250 g/mol. The van der Waals surface area contributed by atoms with E-state index in [1.54, 1.807) is 24.3 Å². The van der Waals surface area contributed by atoms with Gasteiger partial charge in [-0.25, -0.2) is 0 Å². The van der Waals surface area contributed by atoms with Crippen LogP contribution in [0.2, 0.25) is 0 Å². The topological polar surface area (TPSA) is 107 Å². The number of rotatable bonds is 7. The standard InChI is InChI=1S/C12H16N3O3/c13-8-15-11(16)5-6-18-7-9-3-1-2-4-10(9)12(14)17/h1-5H,6-8,13H2,(H2,14,17)(H,15,16). The predicted molar refractivity (Wildman–Crippen MR) is 66.1 cm³/mol. The Kier molecular flexibility index (Phi) is 5.83.